The van der Waals surface area contributed by atoms with Gasteiger partial charge in [-0.25, -0.2) is 4.98 Å². The van der Waals surface area contributed by atoms with Gasteiger partial charge in [0, 0.05) is 19.6 Å². The van der Waals surface area contributed by atoms with E-state index in [2.05, 4.69) is 4.98 Å². The highest BCUT2D eigenvalue weighted by molar-refractivity contribution is 5.12. The van der Waals surface area contributed by atoms with E-state index >= 15 is 0 Å². The molecule has 4 nitrogen and oxygen atoms in total. The van der Waals surface area contributed by atoms with Crippen LogP contribution in [-0.4, -0.2) is 18.1 Å². The van der Waals surface area contributed by atoms with Crippen molar-refractivity contribution < 1.29 is 9.15 Å². The van der Waals surface area contributed by atoms with E-state index in [1.54, 1.807) is 0 Å². The summed E-state index contributed by atoms with van der Waals surface area (Å²) in [4.78, 5) is 4.41. The zero-order valence-electron chi connectivity index (χ0n) is 8.45. The molecule has 1 aromatic rings. The van der Waals surface area contributed by atoms with E-state index in [-0.39, 0.29) is 6.10 Å². The molecule has 0 aliphatic carbocycles. The molecule has 1 aliphatic heterocycles. The van der Waals surface area contributed by atoms with E-state index in [4.69, 9.17) is 14.9 Å². The van der Waals surface area contributed by atoms with Crippen LogP contribution in [0.4, 0.5) is 0 Å². The second kappa shape index (κ2) is 4.11. The highest BCUT2D eigenvalue weighted by Gasteiger charge is 2.23. The van der Waals surface area contributed by atoms with Gasteiger partial charge in [-0.1, -0.05) is 0 Å². The molecule has 1 unspecified atom stereocenters. The lowest BCUT2D eigenvalue weighted by Gasteiger charge is -2.04. The minimum atomic E-state index is 0.144. The fourth-order valence-electron chi connectivity index (χ4n) is 1.79. The lowest BCUT2D eigenvalue weighted by atomic mass is 10.1. The normalized spacial score (nSPS) is 21.7. The summed E-state index contributed by atoms with van der Waals surface area (Å²) in [5.74, 6) is 1.61. The molecule has 2 heterocycles. The van der Waals surface area contributed by atoms with Gasteiger partial charge >= 0.3 is 0 Å². The maximum absolute atomic E-state index is 5.56. The number of ether oxygens (including phenoxy) is 1. The third-order valence-electron chi connectivity index (χ3n) is 2.47. The molecular weight excluding hydrogens is 180 g/mol. The van der Waals surface area contributed by atoms with Crippen molar-refractivity contribution in [3.05, 3.63) is 17.3 Å². The molecule has 0 radical (unpaired) electrons. The molecule has 0 amide bonds. The van der Waals surface area contributed by atoms with E-state index in [1.165, 1.54) is 0 Å². The van der Waals surface area contributed by atoms with E-state index in [0.29, 0.717) is 13.0 Å². The molecule has 14 heavy (non-hydrogen) atoms. The van der Waals surface area contributed by atoms with Crippen LogP contribution >= 0.6 is 0 Å². The highest BCUT2D eigenvalue weighted by Crippen LogP contribution is 2.30. The van der Waals surface area contributed by atoms with Crippen molar-refractivity contribution in [2.45, 2.75) is 32.3 Å². The van der Waals surface area contributed by atoms with Crippen LogP contribution in [0.1, 0.15) is 36.3 Å². The average Bonchev–Trinajstić information content (AvgIpc) is 2.74. The first-order chi connectivity index (χ1) is 6.81. The fraction of sp³-hybridized carbons (Fsp3) is 0.700. The number of hydrogen-bond acceptors (Lipinski definition) is 4. The van der Waals surface area contributed by atoms with Crippen molar-refractivity contribution in [2.75, 3.05) is 13.2 Å². The molecule has 0 aromatic carbocycles. The Morgan fingerprint density at radius 1 is 1.57 bits per heavy atom. The lowest BCUT2D eigenvalue weighted by Crippen LogP contribution is -2.03. The Balaban J connectivity index is 2.15. The van der Waals surface area contributed by atoms with E-state index in [1.807, 2.05) is 6.92 Å². The first-order valence-electron chi connectivity index (χ1n) is 5.09. The Bertz CT molecular complexity index is 303. The van der Waals surface area contributed by atoms with Gasteiger partial charge in [0.2, 0.25) is 0 Å². The first-order valence-corrected chi connectivity index (χ1v) is 5.09. The Morgan fingerprint density at radius 3 is 3.07 bits per heavy atom. The van der Waals surface area contributed by atoms with Crippen molar-refractivity contribution in [3.63, 3.8) is 0 Å². The number of nitrogens with two attached hydrogens (primary N) is 1. The number of nitrogens with zero attached hydrogens (tertiary/aromatic N) is 1. The smallest absolute Gasteiger partial charge is 0.195 e. The van der Waals surface area contributed by atoms with Crippen molar-refractivity contribution >= 4 is 0 Å². The molecule has 2 rings (SSSR count). The van der Waals surface area contributed by atoms with Crippen molar-refractivity contribution in [3.8, 4) is 0 Å². The van der Waals surface area contributed by atoms with Gasteiger partial charge in [0.15, 0.2) is 5.89 Å². The lowest BCUT2D eigenvalue weighted by molar-refractivity contribution is 0.108. The summed E-state index contributed by atoms with van der Waals surface area (Å²) < 4.78 is 11.1. The second-order valence-corrected chi connectivity index (χ2v) is 3.59. The zero-order chi connectivity index (χ0) is 9.97. The van der Waals surface area contributed by atoms with Gasteiger partial charge in [0.1, 0.15) is 17.6 Å². The van der Waals surface area contributed by atoms with Crippen LogP contribution in [0.25, 0.3) is 0 Å². The van der Waals surface area contributed by atoms with Crippen LogP contribution in [0, 0.1) is 6.92 Å². The molecule has 1 fully saturated rings. The van der Waals surface area contributed by atoms with Gasteiger partial charge in [0.05, 0.1) is 0 Å². The third kappa shape index (κ3) is 1.81. The van der Waals surface area contributed by atoms with Gasteiger partial charge in [-0.2, -0.15) is 0 Å². The summed E-state index contributed by atoms with van der Waals surface area (Å²) >= 11 is 0. The van der Waals surface area contributed by atoms with Crippen molar-refractivity contribution in [2.24, 2.45) is 5.73 Å². The predicted octanol–water partition coefficient (Wildman–Crippen LogP) is 1.34. The topological polar surface area (TPSA) is 61.3 Å². The summed E-state index contributed by atoms with van der Waals surface area (Å²) in [5, 5.41) is 0. The second-order valence-electron chi connectivity index (χ2n) is 3.59. The fourth-order valence-corrected chi connectivity index (χ4v) is 1.79. The summed E-state index contributed by atoms with van der Waals surface area (Å²) in [6, 6.07) is 0. The summed E-state index contributed by atoms with van der Waals surface area (Å²) in [6.07, 6.45) is 3.01. The number of rotatable bonds is 3. The Kier molecular flexibility index (Phi) is 2.84. The van der Waals surface area contributed by atoms with Crippen LogP contribution in [0.5, 0.6) is 0 Å². The summed E-state index contributed by atoms with van der Waals surface area (Å²) in [5.41, 5.74) is 6.41. The molecule has 1 atom stereocenters. The molecule has 1 aromatic heterocycles. The number of aromatic nitrogens is 1. The maximum Gasteiger partial charge on any atom is 0.195 e. The molecule has 1 aliphatic rings. The van der Waals surface area contributed by atoms with E-state index < -0.39 is 0 Å². The largest absolute Gasteiger partial charge is 0.446 e. The molecule has 2 N–H and O–H groups in total. The van der Waals surface area contributed by atoms with E-state index in [0.717, 1.165) is 36.8 Å². The molecule has 1 saturated heterocycles. The number of hydrogen-bond donors (Lipinski definition) is 1. The number of aryl methyl sites for hydroxylation is 1. The molecule has 0 bridgehead atoms. The van der Waals surface area contributed by atoms with Crippen LogP contribution in [-0.2, 0) is 11.2 Å². The first kappa shape index (κ1) is 9.68. The Labute approximate surface area is 83.4 Å². The Hall–Kier alpha value is -0.870. The molecule has 78 valence electrons. The van der Waals surface area contributed by atoms with Gasteiger partial charge in [-0.3, -0.25) is 0 Å². The SMILES string of the molecule is Cc1oc(CCN)nc1C1CCCO1. The third-order valence-corrected chi connectivity index (χ3v) is 2.47. The minimum absolute atomic E-state index is 0.144. The minimum Gasteiger partial charge on any atom is -0.446 e. The monoisotopic (exact) mass is 196 g/mol. The van der Waals surface area contributed by atoms with Crippen LogP contribution < -0.4 is 5.73 Å². The average molecular weight is 196 g/mol. The number of oxazole rings is 1. The van der Waals surface area contributed by atoms with Crippen molar-refractivity contribution in [1.82, 2.24) is 4.98 Å². The molecular formula is C10H16N2O2. The summed E-state index contributed by atoms with van der Waals surface area (Å²) in [7, 11) is 0. The predicted molar refractivity (Wildman–Crippen MR) is 51.9 cm³/mol. The van der Waals surface area contributed by atoms with Crippen LogP contribution in [0.15, 0.2) is 4.42 Å². The van der Waals surface area contributed by atoms with Crippen molar-refractivity contribution in [1.29, 1.82) is 0 Å². The highest BCUT2D eigenvalue weighted by atomic mass is 16.5. The van der Waals surface area contributed by atoms with Crippen LogP contribution in [0.3, 0.4) is 0 Å². The molecule has 0 spiro atoms. The van der Waals surface area contributed by atoms with Gasteiger partial charge in [0.25, 0.3) is 0 Å². The van der Waals surface area contributed by atoms with Gasteiger partial charge < -0.3 is 14.9 Å². The Morgan fingerprint density at radius 2 is 2.43 bits per heavy atom. The molecule has 0 saturated carbocycles. The quantitative estimate of drug-likeness (QED) is 0.792. The zero-order valence-corrected chi connectivity index (χ0v) is 8.45. The standard InChI is InChI=1S/C10H16N2O2/c1-7-10(8-3-2-6-13-8)12-9(14-7)4-5-11/h8H,2-6,11H2,1H3. The van der Waals surface area contributed by atoms with E-state index in [9.17, 15) is 0 Å². The molecule has 4 heteroatoms. The van der Waals surface area contributed by atoms with Gasteiger partial charge in [-0.15, -0.1) is 0 Å². The summed E-state index contributed by atoms with van der Waals surface area (Å²) in [6.45, 7) is 3.35. The maximum atomic E-state index is 5.56. The van der Waals surface area contributed by atoms with Crippen LogP contribution in [0.2, 0.25) is 0 Å². The van der Waals surface area contributed by atoms with Gasteiger partial charge in [-0.05, 0) is 19.8 Å².